The fourth-order valence-electron chi connectivity index (χ4n) is 4.89. The summed E-state index contributed by atoms with van der Waals surface area (Å²) in [6.45, 7) is 5.02. The van der Waals surface area contributed by atoms with Crippen LogP contribution < -0.4 is 0 Å². The molecule has 0 aliphatic carbocycles. The number of likely N-dealkylation sites (tertiary alicyclic amines) is 1. The Labute approximate surface area is 210 Å². The van der Waals surface area contributed by atoms with Crippen LogP contribution >= 0.6 is 11.8 Å². The van der Waals surface area contributed by atoms with Gasteiger partial charge in [0.15, 0.2) is 5.16 Å². The number of rotatable bonds is 6. The van der Waals surface area contributed by atoms with Crippen LogP contribution in [0.5, 0.6) is 0 Å². The number of amides is 2. The first-order valence-electron chi connectivity index (χ1n) is 12.6. The molecule has 0 unspecified atom stereocenters. The first-order valence-corrected chi connectivity index (χ1v) is 13.6. The minimum absolute atomic E-state index is 0.0734. The van der Waals surface area contributed by atoms with Crippen LogP contribution in [0.1, 0.15) is 41.6 Å². The zero-order valence-electron chi connectivity index (χ0n) is 20.1. The van der Waals surface area contributed by atoms with Gasteiger partial charge in [-0.05, 0) is 36.6 Å². The lowest BCUT2D eigenvalue weighted by molar-refractivity contribution is -0.132. The molecule has 8 heteroatoms. The molecule has 0 atom stereocenters. The lowest BCUT2D eigenvalue weighted by Gasteiger charge is -2.35. The van der Waals surface area contributed by atoms with Gasteiger partial charge in [-0.25, -0.2) is 4.98 Å². The van der Waals surface area contributed by atoms with Crippen LogP contribution in [0.3, 0.4) is 0 Å². The third kappa shape index (κ3) is 5.87. The number of nitrogens with zero attached hydrogens (tertiary/aromatic N) is 4. The van der Waals surface area contributed by atoms with Crippen molar-refractivity contribution in [3.8, 4) is 0 Å². The van der Waals surface area contributed by atoms with Crippen molar-refractivity contribution in [2.45, 2.75) is 36.6 Å². The highest BCUT2D eigenvalue weighted by atomic mass is 32.2. The van der Waals surface area contributed by atoms with Gasteiger partial charge in [-0.15, -0.1) is 0 Å². The van der Waals surface area contributed by atoms with Crippen molar-refractivity contribution in [2.75, 3.05) is 45.8 Å². The number of para-hydroxylation sites is 2. The highest BCUT2D eigenvalue weighted by molar-refractivity contribution is 7.98. The largest absolute Gasteiger partial charge is 0.342 e. The third-order valence-electron chi connectivity index (χ3n) is 6.96. The number of piperazine rings is 1. The molecule has 2 aliphatic rings. The van der Waals surface area contributed by atoms with Gasteiger partial charge in [0, 0.05) is 50.6 Å². The van der Waals surface area contributed by atoms with E-state index in [0.29, 0.717) is 25.4 Å². The number of carbonyl (C=O) groups is 2. The summed E-state index contributed by atoms with van der Waals surface area (Å²) in [7, 11) is 0. The van der Waals surface area contributed by atoms with Gasteiger partial charge < -0.3 is 14.8 Å². The SMILES string of the molecule is O=C(CN1CCN(C(=O)c2ccccc2CSc2nc3ccccc3[nH]2)CC1)N1CCCCCC1. The van der Waals surface area contributed by atoms with E-state index in [9.17, 15) is 9.59 Å². The number of thioether (sulfide) groups is 1. The highest BCUT2D eigenvalue weighted by Gasteiger charge is 2.26. The molecule has 2 fully saturated rings. The van der Waals surface area contributed by atoms with E-state index in [1.165, 1.54) is 12.8 Å². The summed E-state index contributed by atoms with van der Waals surface area (Å²) >= 11 is 1.61. The molecule has 1 aromatic heterocycles. The Hall–Kier alpha value is -2.84. The smallest absolute Gasteiger partial charge is 0.254 e. The number of hydrogen-bond donors (Lipinski definition) is 1. The van der Waals surface area contributed by atoms with Crippen LogP contribution in [0.15, 0.2) is 53.7 Å². The monoisotopic (exact) mass is 491 g/mol. The number of imidazole rings is 1. The van der Waals surface area contributed by atoms with Gasteiger partial charge in [-0.1, -0.05) is 54.9 Å². The molecule has 0 bridgehead atoms. The maximum Gasteiger partial charge on any atom is 0.254 e. The van der Waals surface area contributed by atoms with Crippen LogP contribution in [-0.4, -0.2) is 82.3 Å². The van der Waals surface area contributed by atoms with E-state index < -0.39 is 0 Å². The minimum atomic E-state index is 0.0734. The second kappa shape index (κ2) is 11.3. The number of aromatic nitrogens is 2. The highest BCUT2D eigenvalue weighted by Crippen LogP contribution is 2.25. The van der Waals surface area contributed by atoms with Gasteiger partial charge >= 0.3 is 0 Å². The van der Waals surface area contributed by atoms with Gasteiger partial charge in [-0.2, -0.15) is 0 Å². The summed E-state index contributed by atoms with van der Waals surface area (Å²) in [6.07, 6.45) is 4.68. The summed E-state index contributed by atoms with van der Waals surface area (Å²) in [6, 6.07) is 15.9. The summed E-state index contributed by atoms with van der Waals surface area (Å²) < 4.78 is 0. The zero-order valence-corrected chi connectivity index (χ0v) is 20.9. The average Bonchev–Trinajstić information content (AvgIpc) is 3.11. The lowest BCUT2D eigenvalue weighted by Crippen LogP contribution is -2.51. The minimum Gasteiger partial charge on any atom is -0.342 e. The predicted octanol–water partition coefficient (Wildman–Crippen LogP) is 4.02. The van der Waals surface area contributed by atoms with Crippen molar-refractivity contribution in [1.82, 2.24) is 24.7 Å². The number of hydrogen-bond acceptors (Lipinski definition) is 5. The van der Waals surface area contributed by atoms with Crippen LogP contribution in [0, 0.1) is 0 Å². The number of benzene rings is 2. The van der Waals surface area contributed by atoms with Crippen molar-refractivity contribution in [1.29, 1.82) is 0 Å². The summed E-state index contributed by atoms with van der Waals surface area (Å²) in [5, 5.41) is 0.858. The van der Waals surface area contributed by atoms with Gasteiger partial charge in [-0.3, -0.25) is 14.5 Å². The van der Waals surface area contributed by atoms with Gasteiger partial charge in [0.1, 0.15) is 0 Å². The number of aromatic amines is 1. The molecule has 3 heterocycles. The van der Waals surface area contributed by atoms with E-state index in [1.54, 1.807) is 11.8 Å². The topological polar surface area (TPSA) is 72.5 Å². The molecular formula is C27H33N5O2S. The molecule has 0 radical (unpaired) electrons. The maximum absolute atomic E-state index is 13.4. The zero-order chi connectivity index (χ0) is 24.0. The van der Waals surface area contributed by atoms with Crippen molar-refractivity contribution < 1.29 is 9.59 Å². The standard InChI is InChI=1S/C27H33N5O2S/c33-25(31-13-7-1-2-8-14-31)19-30-15-17-32(18-16-30)26(34)22-10-4-3-9-21(22)20-35-27-28-23-11-5-6-12-24(23)29-27/h3-6,9-12H,1-2,7-8,13-20H2,(H,28,29). The Balaban J connectivity index is 1.16. The molecule has 2 saturated heterocycles. The van der Waals surface area contributed by atoms with Gasteiger partial charge in [0.2, 0.25) is 5.91 Å². The maximum atomic E-state index is 13.4. The van der Waals surface area contributed by atoms with E-state index in [4.69, 9.17) is 0 Å². The molecule has 2 aromatic carbocycles. The molecule has 184 valence electrons. The van der Waals surface area contributed by atoms with Crippen LogP contribution in [0.4, 0.5) is 0 Å². The summed E-state index contributed by atoms with van der Waals surface area (Å²) in [5.41, 5.74) is 3.74. The molecule has 3 aromatic rings. The van der Waals surface area contributed by atoms with E-state index in [0.717, 1.165) is 66.3 Å². The van der Waals surface area contributed by atoms with Crippen molar-refractivity contribution in [3.63, 3.8) is 0 Å². The average molecular weight is 492 g/mol. The molecule has 0 spiro atoms. The summed E-state index contributed by atoms with van der Waals surface area (Å²) in [4.78, 5) is 40.3. The van der Waals surface area contributed by atoms with Gasteiger partial charge in [0.05, 0.1) is 17.6 Å². The van der Waals surface area contributed by atoms with Gasteiger partial charge in [0.25, 0.3) is 5.91 Å². The Morgan fingerprint density at radius 2 is 1.54 bits per heavy atom. The lowest BCUT2D eigenvalue weighted by atomic mass is 10.1. The Kier molecular flexibility index (Phi) is 7.69. The van der Waals surface area contributed by atoms with E-state index in [-0.39, 0.29) is 11.8 Å². The first-order chi connectivity index (χ1) is 17.2. The van der Waals surface area contributed by atoms with E-state index in [1.807, 2.05) is 58.3 Å². The van der Waals surface area contributed by atoms with Crippen molar-refractivity contribution in [2.24, 2.45) is 0 Å². The number of H-pyrrole nitrogens is 1. The third-order valence-corrected chi connectivity index (χ3v) is 7.88. The van der Waals surface area contributed by atoms with E-state index >= 15 is 0 Å². The molecule has 5 rings (SSSR count). The van der Waals surface area contributed by atoms with Crippen molar-refractivity contribution in [3.05, 3.63) is 59.7 Å². The van der Waals surface area contributed by atoms with Crippen LogP contribution in [0.25, 0.3) is 11.0 Å². The second-order valence-electron chi connectivity index (χ2n) is 9.37. The van der Waals surface area contributed by atoms with Crippen LogP contribution in [0.2, 0.25) is 0 Å². The predicted molar refractivity (Wildman–Crippen MR) is 139 cm³/mol. The van der Waals surface area contributed by atoms with Crippen LogP contribution in [-0.2, 0) is 10.5 Å². The Morgan fingerprint density at radius 1 is 0.829 bits per heavy atom. The molecule has 7 nitrogen and oxygen atoms in total. The molecule has 2 aliphatic heterocycles. The fraction of sp³-hybridized carbons (Fsp3) is 0.444. The number of nitrogens with one attached hydrogen (secondary N) is 1. The second-order valence-corrected chi connectivity index (χ2v) is 10.3. The summed E-state index contributed by atoms with van der Waals surface area (Å²) in [5.74, 6) is 0.982. The first kappa shape index (κ1) is 23.9. The molecule has 1 N–H and O–H groups in total. The Bertz CT molecular complexity index is 1130. The van der Waals surface area contributed by atoms with Crippen molar-refractivity contribution >= 4 is 34.6 Å². The number of carbonyl (C=O) groups excluding carboxylic acids is 2. The quantitative estimate of drug-likeness (QED) is 0.528. The molecule has 35 heavy (non-hydrogen) atoms. The van der Waals surface area contributed by atoms with E-state index in [2.05, 4.69) is 14.9 Å². The fourth-order valence-corrected chi connectivity index (χ4v) is 5.78. The molecular weight excluding hydrogens is 458 g/mol. The normalized spacial score (nSPS) is 17.5. The molecule has 0 saturated carbocycles. The number of fused-ring (bicyclic) bond motifs is 1. The molecule has 2 amide bonds. The Morgan fingerprint density at radius 3 is 2.31 bits per heavy atom.